The van der Waals surface area contributed by atoms with Gasteiger partial charge in [-0.1, -0.05) is 45.4 Å². The third-order valence-corrected chi connectivity index (χ3v) is 3.91. The zero-order valence-corrected chi connectivity index (χ0v) is 11.1. The van der Waals surface area contributed by atoms with Crippen molar-refractivity contribution in [1.29, 1.82) is 0 Å². The molecule has 0 amide bonds. The molecule has 90 valence electrons. The van der Waals surface area contributed by atoms with Crippen LogP contribution in [-0.4, -0.2) is 18.8 Å². The number of thiol groups is 1. The normalized spacial score (nSPS) is 19.6. The van der Waals surface area contributed by atoms with E-state index in [1.54, 1.807) is 0 Å². The maximum atomic E-state index is 4.24. The monoisotopic (exact) mass is 229 g/mol. The molecule has 1 aliphatic rings. The highest BCUT2D eigenvalue weighted by atomic mass is 32.1. The molecule has 1 aliphatic carbocycles. The Kier molecular flexibility index (Phi) is 7.54. The number of nitrogens with one attached hydrogen (secondary N) is 1. The Labute approximate surface area is 101 Å². The summed E-state index contributed by atoms with van der Waals surface area (Å²) in [5.74, 6) is 2.92. The van der Waals surface area contributed by atoms with Crippen molar-refractivity contribution < 1.29 is 0 Å². The van der Waals surface area contributed by atoms with Gasteiger partial charge in [-0.2, -0.15) is 12.6 Å². The highest BCUT2D eigenvalue weighted by Gasteiger charge is 2.23. The molecular formula is C13H27NS. The lowest BCUT2D eigenvalue weighted by atomic mass is 9.86. The number of hydrogen-bond acceptors (Lipinski definition) is 2. The van der Waals surface area contributed by atoms with E-state index < -0.39 is 0 Å². The summed E-state index contributed by atoms with van der Waals surface area (Å²) in [6, 6.07) is 0. The summed E-state index contributed by atoms with van der Waals surface area (Å²) >= 11 is 4.24. The molecular weight excluding hydrogens is 202 g/mol. The van der Waals surface area contributed by atoms with Crippen molar-refractivity contribution in [3.8, 4) is 0 Å². The molecule has 2 heteroatoms. The van der Waals surface area contributed by atoms with E-state index in [0.717, 1.165) is 24.1 Å². The van der Waals surface area contributed by atoms with E-state index in [-0.39, 0.29) is 0 Å². The van der Waals surface area contributed by atoms with Crippen LogP contribution >= 0.6 is 12.6 Å². The van der Waals surface area contributed by atoms with Crippen LogP contribution in [0.2, 0.25) is 0 Å². The van der Waals surface area contributed by atoms with Crippen LogP contribution in [0.25, 0.3) is 0 Å². The van der Waals surface area contributed by atoms with Crippen LogP contribution in [0.5, 0.6) is 0 Å². The van der Waals surface area contributed by atoms with Crippen LogP contribution < -0.4 is 5.32 Å². The lowest BCUT2D eigenvalue weighted by molar-refractivity contribution is 0.300. The molecule has 0 radical (unpaired) electrons. The van der Waals surface area contributed by atoms with Gasteiger partial charge in [0.2, 0.25) is 0 Å². The summed E-state index contributed by atoms with van der Waals surface area (Å²) in [5.41, 5.74) is 0. The average Bonchev–Trinajstić information content (AvgIpc) is 2.76. The van der Waals surface area contributed by atoms with E-state index in [9.17, 15) is 0 Å². The molecule has 1 N–H and O–H groups in total. The second-order valence-electron chi connectivity index (χ2n) is 4.87. The molecule has 1 nitrogen and oxygen atoms in total. The molecule has 0 unspecified atom stereocenters. The van der Waals surface area contributed by atoms with Crippen molar-refractivity contribution >= 4 is 12.6 Å². The van der Waals surface area contributed by atoms with Gasteiger partial charge in [0.05, 0.1) is 0 Å². The summed E-state index contributed by atoms with van der Waals surface area (Å²) in [5, 5.41) is 3.54. The summed E-state index contributed by atoms with van der Waals surface area (Å²) in [6.45, 7) is 4.59. The van der Waals surface area contributed by atoms with Crippen LogP contribution in [0.1, 0.15) is 51.9 Å². The number of hydrogen-bond donors (Lipinski definition) is 2. The largest absolute Gasteiger partial charge is 0.316 e. The predicted octanol–water partition coefficient (Wildman–Crippen LogP) is 3.50. The Morgan fingerprint density at radius 2 is 2.07 bits per heavy atom. The van der Waals surface area contributed by atoms with E-state index >= 15 is 0 Å². The molecule has 0 spiro atoms. The van der Waals surface area contributed by atoms with Gasteiger partial charge < -0.3 is 5.32 Å². The highest BCUT2D eigenvalue weighted by molar-refractivity contribution is 7.80. The standard InChI is InChI=1S/C13H27NS/c1-2-3-6-13(11-14-9-10-15)12-7-4-5-8-12/h12-15H,2-11H2,1H3/t13-/m1/s1. The van der Waals surface area contributed by atoms with Crippen LogP contribution in [0.4, 0.5) is 0 Å². The summed E-state index contributed by atoms with van der Waals surface area (Å²) in [6.07, 6.45) is 10.1. The lowest BCUT2D eigenvalue weighted by Gasteiger charge is -2.23. The van der Waals surface area contributed by atoms with E-state index in [2.05, 4.69) is 24.9 Å². The second kappa shape index (κ2) is 8.46. The lowest BCUT2D eigenvalue weighted by Crippen LogP contribution is -2.28. The maximum absolute atomic E-state index is 4.24. The molecule has 0 aromatic rings. The number of unbranched alkanes of at least 4 members (excludes halogenated alkanes) is 1. The third-order valence-electron chi connectivity index (χ3n) is 3.69. The van der Waals surface area contributed by atoms with Crippen LogP contribution in [-0.2, 0) is 0 Å². The van der Waals surface area contributed by atoms with Crippen molar-refractivity contribution in [2.24, 2.45) is 11.8 Å². The minimum Gasteiger partial charge on any atom is -0.316 e. The van der Waals surface area contributed by atoms with Crippen molar-refractivity contribution in [1.82, 2.24) is 5.32 Å². The fourth-order valence-electron chi connectivity index (χ4n) is 2.77. The topological polar surface area (TPSA) is 12.0 Å². The van der Waals surface area contributed by atoms with Crippen molar-refractivity contribution in [2.75, 3.05) is 18.8 Å². The first-order valence-corrected chi connectivity index (χ1v) is 7.33. The minimum absolute atomic E-state index is 0.937. The fraction of sp³-hybridized carbons (Fsp3) is 1.00. The van der Waals surface area contributed by atoms with Crippen LogP contribution in [0, 0.1) is 11.8 Å². The first kappa shape index (κ1) is 13.4. The third kappa shape index (κ3) is 5.26. The van der Waals surface area contributed by atoms with Gasteiger partial charge in [0.25, 0.3) is 0 Å². The Balaban J connectivity index is 2.23. The molecule has 1 saturated carbocycles. The Morgan fingerprint density at radius 1 is 1.33 bits per heavy atom. The Morgan fingerprint density at radius 3 is 2.67 bits per heavy atom. The van der Waals surface area contributed by atoms with Gasteiger partial charge in [0.15, 0.2) is 0 Å². The SMILES string of the molecule is CCCC[C@H](CNCCS)C1CCCC1. The van der Waals surface area contributed by atoms with Crippen molar-refractivity contribution in [2.45, 2.75) is 51.9 Å². The molecule has 1 rings (SSSR count). The summed E-state index contributed by atoms with van der Waals surface area (Å²) < 4.78 is 0. The molecule has 0 aromatic heterocycles. The molecule has 1 atom stereocenters. The highest BCUT2D eigenvalue weighted by Crippen LogP contribution is 2.33. The predicted molar refractivity (Wildman–Crippen MR) is 71.7 cm³/mol. The van der Waals surface area contributed by atoms with E-state index in [0.29, 0.717) is 0 Å². The van der Waals surface area contributed by atoms with E-state index in [1.165, 1.54) is 51.5 Å². The van der Waals surface area contributed by atoms with Gasteiger partial charge in [0.1, 0.15) is 0 Å². The average molecular weight is 229 g/mol. The smallest absolute Gasteiger partial charge is 0.00398 e. The zero-order chi connectivity index (χ0) is 10.9. The summed E-state index contributed by atoms with van der Waals surface area (Å²) in [4.78, 5) is 0. The van der Waals surface area contributed by atoms with Crippen molar-refractivity contribution in [3.05, 3.63) is 0 Å². The van der Waals surface area contributed by atoms with E-state index in [1.807, 2.05) is 0 Å². The van der Waals surface area contributed by atoms with Gasteiger partial charge in [-0.3, -0.25) is 0 Å². The van der Waals surface area contributed by atoms with Crippen molar-refractivity contribution in [3.63, 3.8) is 0 Å². The van der Waals surface area contributed by atoms with Gasteiger partial charge >= 0.3 is 0 Å². The van der Waals surface area contributed by atoms with Gasteiger partial charge in [-0.25, -0.2) is 0 Å². The first-order chi connectivity index (χ1) is 7.38. The molecule has 0 heterocycles. The van der Waals surface area contributed by atoms with Crippen LogP contribution in [0.15, 0.2) is 0 Å². The quantitative estimate of drug-likeness (QED) is 0.479. The van der Waals surface area contributed by atoms with Gasteiger partial charge in [-0.15, -0.1) is 0 Å². The van der Waals surface area contributed by atoms with E-state index in [4.69, 9.17) is 0 Å². The molecule has 0 saturated heterocycles. The Bertz CT molecular complexity index is 143. The zero-order valence-electron chi connectivity index (χ0n) is 10.2. The fourth-order valence-corrected chi connectivity index (χ4v) is 2.92. The first-order valence-electron chi connectivity index (χ1n) is 6.70. The van der Waals surface area contributed by atoms with Gasteiger partial charge in [-0.05, 0) is 24.8 Å². The molecule has 1 fully saturated rings. The molecule has 0 bridgehead atoms. The molecule has 0 aromatic carbocycles. The number of rotatable bonds is 8. The van der Waals surface area contributed by atoms with Crippen LogP contribution in [0.3, 0.4) is 0 Å². The minimum atomic E-state index is 0.937. The second-order valence-corrected chi connectivity index (χ2v) is 5.32. The summed E-state index contributed by atoms with van der Waals surface area (Å²) in [7, 11) is 0. The molecule has 15 heavy (non-hydrogen) atoms. The van der Waals surface area contributed by atoms with Gasteiger partial charge in [0, 0.05) is 12.3 Å². The molecule has 0 aliphatic heterocycles. The Hall–Kier alpha value is 0.310. The maximum Gasteiger partial charge on any atom is 0.00398 e.